The normalized spacial score (nSPS) is 12.3. The van der Waals surface area contributed by atoms with Gasteiger partial charge in [0.1, 0.15) is 13.2 Å². The van der Waals surface area contributed by atoms with Crippen molar-refractivity contribution < 1.29 is 28.6 Å². The Hall–Kier alpha value is -2.63. The zero-order valence-corrected chi connectivity index (χ0v) is 49.6. The number of ether oxygens (including phenoxy) is 3. The van der Waals surface area contributed by atoms with Crippen LogP contribution >= 0.6 is 0 Å². The zero-order chi connectivity index (χ0) is 53.6. The maximum atomic E-state index is 12.9. The first-order valence-corrected chi connectivity index (χ1v) is 32.6. The van der Waals surface area contributed by atoms with E-state index in [1.807, 2.05) is 0 Å². The molecule has 0 aliphatic heterocycles. The van der Waals surface area contributed by atoms with Gasteiger partial charge in [0.2, 0.25) is 0 Å². The van der Waals surface area contributed by atoms with Gasteiger partial charge in [0.05, 0.1) is 0 Å². The summed E-state index contributed by atoms with van der Waals surface area (Å²) in [5, 5.41) is 0. The van der Waals surface area contributed by atoms with E-state index < -0.39 is 6.10 Å². The predicted molar refractivity (Wildman–Crippen MR) is 321 cm³/mol. The molecule has 1 atom stereocenters. The van der Waals surface area contributed by atoms with Crippen molar-refractivity contribution in [3.05, 3.63) is 48.6 Å². The molecule has 0 fully saturated rings. The van der Waals surface area contributed by atoms with Crippen molar-refractivity contribution in [3.8, 4) is 0 Å². The van der Waals surface area contributed by atoms with Crippen LogP contribution in [0, 0.1) is 0 Å². The lowest BCUT2D eigenvalue weighted by molar-refractivity contribution is -0.167. The molecule has 0 aromatic rings. The van der Waals surface area contributed by atoms with Gasteiger partial charge in [0, 0.05) is 19.3 Å². The second-order valence-electron chi connectivity index (χ2n) is 22.0. The van der Waals surface area contributed by atoms with E-state index in [4.69, 9.17) is 14.2 Å². The highest BCUT2D eigenvalue weighted by atomic mass is 16.6. The molecule has 0 saturated carbocycles. The van der Waals surface area contributed by atoms with Gasteiger partial charge in [0.25, 0.3) is 0 Å². The second-order valence-corrected chi connectivity index (χ2v) is 22.0. The molecule has 0 saturated heterocycles. The fourth-order valence-electron chi connectivity index (χ4n) is 9.62. The maximum Gasteiger partial charge on any atom is 0.306 e. The average molecular weight is 1040 g/mol. The molecule has 74 heavy (non-hydrogen) atoms. The van der Waals surface area contributed by atoms with Crippen LogP contribution in [0.4, 0.5) is 0 Å². The monoisotopic (exact) mass is 1040 g/mol. The molecular weight excluding hydrogens is 913 g/mol. The standard InChI is InChI=1S/C68H124O6/c1-4-7-10-13-16-19-22-25-28-31-32-33-34-35-38-40-43-46-49-52-55-58-61-67(70)73-64-65(74-68(71)62-59-56-53-50-47-44-41-37-30-27-24-21-18-15-12-9-6-3)63-72-66(69)60-57-54-51-48-45-42-39-36-29-26-23-20-17-14-11-8-5-2/h17-18,20-21,26-27,29-30,65H,4-16,19,22-25,28,31-64H2,1-3H3/b20-17-,21-18-,29-26-,30-27-. The molecule has 0 rings (SSSR count). The fourth-order valence-corrected chi connectivity index (χ4v) is 9.62. The van der Waals surface area contributed by atoms with Crippen LogP contribution in [-0.2, 0) is 28.6 Å². The topological polar surface area (TPSA) is 78.9 Å². The summed E-state index contributed by atoms with van der Waals surface area (Å²) in [5.41, 5.74) is 0. The summed E-state index contributed by atoms with van der Waals surface area (Å²) < 4.78 is 16.9. The van der Waals surface area contributed by atoms with E-state index in [1.165, 1.54) is 225 Å². The summed E-state index contributed by atoms with van der Waals surface area (Å²) >= 11 is 0. The van der Waals surface area contributed by atoms with Gasteiger partial charge >= 0.3 is 17.9 Å². The van der Waals surface area contributed by atoms with Gasteiger partial charge < -0.3 is 14.2 Å². The maximum absolute atomic E-state index is 12.9. The Morgan fingerprint density at radius 3 is 0.770 bits per heavy atom. The third-order valence-corrected chi connectivity index (χ3v) is 14.6. The van der Waals surface area contributed by atoms with Crippen molar-refractivity contribution >= 4 is 17.9 Å². The van der Waals surface area contributed by atoms with E-state index in [0.29, 0.717) is 19.3 Å². The number of carbonyl (C=O) groups is 3. The molecule has 0 spiro atoms. The third kappa shape index (κ3) is 60.2. The number of hydrogen-bond donors (Lipinski definition) is 0. The van der Waals surface area contributed by atoms with Gasteiger partial charge in [-0.25, -0.2) is 0 Å². The number of unbranched alkanes of at least 4 members (excludes halogenated alkanes) is 41. The molecule has 0 aromatic carbocycles. The van der Waals surface area contributed by atoms with Crippen LogP contribution in [0.5, 0.6) is 0 Å². The highest BCUT2D eigenvalue weighted by molar-refractivity contribution is 5.71. The van der Waals surface area contributed by atoms with Crippen LogP contribution in [0.2, 0.25) is 0 Å². The molecular formula is C68H124O6. The van der Waals surface area contributed by atoms with Crippen molar-refractivity contribution in [1.82, 2.24) is 0 Å². The molecule has 6 nitrogen and oxygen atoms in total. The molecule has 432 valence electrons. The van der Waals surface area contributed by atoms with E-state index in [0.717, 1.165) is 83.5 Å². The Bertz CT molecular complexity index is 1280. The van der Waals surface area contributed by atoms with Crippen molar-refractivity contribution in [2.45, 2.75) is 354 Å². The Balaban J connectivity index is 4.33. The minimum absolute atomic E-state index is 0.0753. The number of rotatable bonds is 60. The van der Waals surface area contributed by atoms with E-state index in [2.05, 4.69) is 69.4 Å². The Labute approximate surface area is 460 Å². The number of carbonyl (C=O) groups excluding carboxylic acids is 3. The lowest BCUT2D eigenvalue weighted by Gasteiger charge is -2.18. The number of esters is 3. The molecule has 6 heteroatoms. The van der Waals surface area contributed by atoms with E-state index in [1.54, 1.807) is 0 Å². The zero-order valence-electron chi connectivity index (χ0n) is 49.6. The van der Waals surface area contributed by atoms with E-state index >= 15 is 0 Å². The third-order valence-electron chi connectivity index (χ3n) is 14.6. The average Bonchev–Trinajstić information content (AvgIpc) is 3.40. The van der Waals surface area contributed by atoms with Crippen molar-refractivity contribution in [1.29, 1.82) is 0 Å². The molecule has 0 heterocycles. The Kier molecular flexibility index (Phi) is 60.7. The van der Waals surface area contributed by atoms with Gasteiger partial charge in [-0.05, 0) is 83.5 Å². The van der Waals surface area contributed by atoms with Crippen LogP contribution in [0.1, 0.15) is 348 Å². The van der Waals surface area contributed by atoms with Gasteiger partial charge in [-0.1, -0.05) is 294 Å². The smallest absolute Gasteiger partial charge is 0.306 e. The van der Waals surface area contributed by atoms with Crippen molar-refractivity contribution in [2.75, 3.05) is 13.2 Å². The quantitative estimate of drug-likeness (QED) is 0.0261. The molecule has 0 bridgehead atoms. The first-order chi connectivity index (χ1) is 36.5. The van der Waals surface area contributed by atoms with Crippen LogP contribution in [-0.4, -0.2) is 37.2 Å². The largest absolute Gasteiger partial charge is 0.462 e. The molecule has 0 aliphatic rings. The van der Waals surface area contributed by atoms with Crippen molar-refractivity contribution in [2.24, 2.45) is 0 Å². The first kappa shape index (κ1) is 71.4. The molecule has 0 aromatic heterocycles. The van der Waals surface area contributed by atoms with Crippen molar-refractivity contribution in [3.63, 3.8) is 0 Å². The molecule has 0 radical (unpaired) electrons. The van der Waals surface area contributed by atoms with Gasteiger partial charge in [-0.2, -0.15) is 0 Å². The van der Waals surface area contributed by atoms with E-state index in [-0.39, 0.29) is 31.1 Å². The van der Waals surface area contributed by atoms with E-state index in [9.17, 15) is 14.4 Å². The molecule has 0 amide bonds. The molecule has 1 unspecified atom stereocenters. The lowest BCUT2D eigenvalue weighted by Crippen LogP contribution is -2.30. The number of allylic oxidation sites excluding steroid dienone is 8. The minimum atomic E-state index is -0.780. The Morgan fingerprint density at radius 2 is 0.486 bits per heavy atom. The molecule has 0 N–H and O–H groups in total. The minimum Gasteiger partial charge on any atom is -0.462 e. The first-order valence-electron chi connectivity index (χ1n) is 32.6. The number of hydrogen-bond acceptors (Lipinski definition) is 6. The van der Waals surface area contributed by atoms with Gasteiger partial charge in [0.15, 0.2) is 6.10 Å². The lowest BCUT2D eigenvalue weighted by atomic mass is 10.0. The predicted octanol–water partition coefficient (Wildman–Crippen LogP) is 22.2. The molecule has 0 aliphatic carbocycles. The summed E-state index contributed by atoms with van der Waals surface area (Å²) in [5.74, 6) is -0.869. The van der Waals surface area contributed by atoms with Crippen LogP contribution in [0.25, 0.3) is 0 Å². The van der Waals surface area contributed by atoms with Crippen LogP contribution in [0.15, 0.2) is 48.6 Å². The second kappa shape index (κ2) is 62.9. The van der Waals surface area contributed by atoms with Gasteiger partial charge in [-0.15, -0.1) is 0 Å². The summed E-state index contributed by atoms with van der Waals surface area (Å²) in [6.45, 7) is 6.64. The Morgan fingerprint density at radius 1 is 0.270 bits per heavy atom. The highest BCUT2D eigenvalue weighted by Gasteiger charge is 2.19. The van der Waals surface area contributed by atoms with Crippen LogP contribution < -0.4 is 0 Å². The summed E-state index contributed by atoms with van der Waals surface area (Å²) in [6, 6.07) is 0. The summed E-state index contributed by atoms with van der Waals surface area (Å²) in [6.07, 6.45) is 78.3. The summed E-state index contributed by atoms with van der Waals surface area (Å²) in [7, 11) is 0. The highest BCUT2D eigenvalue weighted by Crippen LogP contribution is 2.17. The SMILES string of the molecule is CCCCC/C=C\C/C=C\CCCCCCCCCC(=O)OCC(COC(=O)CCCCCCCCCCCCCCCCCCCCCCCC)OC(=O)CCCCCCCCC/C=C\C/C=C\CCCCC. The van der Waals surface area contributed by atoms with Gasteiger partial charge in [-0.3, -0.25) is 14.4 Å². The fraction of sp³-hybridized carbons (Fsp3) is 0.838. The van der Waals surface area contributed by atoms with Crippen LogP contribution in [0.3, 0.4) is 0 Å². The summed E-state index contributed by atoms with van der Waals surface area (Å²) in [4.78, 5) is 38.3.